The van der Waals surface area contributed by atoms with Gasteiger partial charge in [-0.1, -0.05) is 42.1 Å². The smallest absolute Gasteiger partial charge is 0.271 e. The van der Waals surface area contributed by atoms with Crippen LogP contribution in [0.2, 0.25) is 0 Å². The molecule has 5 rings (SSSR count). The number of aryl methyl sites for hydroxylation is 2. The van der Waals surface area contributed by atoms with Crippen LogP contribution in [0.3, 0.4) is 0 Å². The summed E-state index contributed by atoms with van der Waals surface area (Å²) in [6, 6.07) is 9.76. The monoisotopic (exact) mass is 452 g/mol. The highest BCUT2D eigenvalue weighted by Gasteiger charge is 2.21. The number of rotatable bonds is 6. The molecule has 3 aromatic heterocycles. The van der Waals surface area contributed by atoms with Crippen molar-refractivity contribution in [1.29, 1.82) is 0 Å². The van der Waals surface area contributed by atoms with E-state index in [2.05, 4.69) is 25.5 Å². The van der Waals surface area contributed by atoms with E-state index in [0.29, 0.717) is 28.2 Å². The van der Waals surface area contributed by atoms with Gasteiger partial charge in [0.2, 0.25) is 5.16 Å². The van der Waals surface area contributed by atoms with Crippen LogP contribution in [0.4, 0.5) is 0 Å². The van der Waals surface area contributed by atoms with E-state index in [4.69, 9.17) is 0 Å². The minimum atomic E-state index is -0.400. The second-order valence-corrected chi connectivity index (χ2v) is 9.34. The Kier molecular flexibility index (Phi) is 5.56. The molecule has 158 valence electrons. The number of nitrogens with one attached hydrogen (secondary N) is 2. The minimum absolute atomic E-state index is 0.0814. The molecule has 31 heavy (non-hydrogen) atoms. The highest BCUT2D eigenvalue weighted by Crippen LogP contribution is 2.28. The number of carbonyl (C=O) groups is 1. The van der Waals surface area contributed by atoms with Crippen LogP contribution in [-0.4, -0.2) is 42.8 Å². The van der Waals surface area contributed by atoms with E-state index in [0.717, 1.165) is 36.9 Å². The van der Waals surface area contributed by atoms with Gasteiger partial charge < -0.3 is 5.32 Å². The molecule has 10 heteroatoms. The molecule has 1 aliphatic carbocycles. The zero-order chi connectivity index (χ0) is 21.2. The zero-order valence-electron chi connectivity index (χ0n) is 16.6. The number of aromatic amines is 1. The summed E-state index contributed by atoms with van der Waals surface area (Å²) in [6.07, 6.45) is 5.43. The lowest BCUT2D eigenvalue weighted by atomic mass is 10.0. The number of carbonyl (C=O) groups excluding carboxylic acids is 1. The highest BCUT2D eigenvalue weighted by molar-refractivity contribution is 7.99. The topological polar surface area (TPSA) is 105 Å². The first-order chi connectivity index (χ1) is 15.2. The summed E-state index contributed by atoms with van der Waals surface area (Å²) < 4.78 is 1.63. The van der Waals surface area contributed by atoms with E-state index >= 15 is 0 Å². The van der Waals surface area contributed by atoms with Crippen molar-refractivity contribution in [2.75, 3.05) is 12.3 Å². The standard InChI is InChI=1S/C21H20N6O2S2/c28-18(14-12-23-21-27(19(14)29)15-8-4-5-9-16(15)31-21)22-10-11-30-20-24-17(25-26-20)13-6-2-1-3-7-13/h1-3,6-7,12H,4-5,8-11H2,(H,22,28)(H,24,25,26). The first kappa shape index (κ1) is 20.0. The lowest BCUT2D eigenvalue weighted by Gasteiger charge is -2.10. The van der Waals surface area contributed by atoms with E-state index in [9.17, 15) is 9.59 Å². The lowest BCUT2D eigenvalue weighted by molar-refractivity contribution is 0.0954. The van der Waals surface area contributed by atoms with Crippen LogP contribution >= 0.6 is 23.1 Å². The Bertz CT molecular complexity index is 1290. The maximum absolute atomic E-state index is 12.9. The molecule has 0 atom stereocenters. The van der Waals surface area contributed by atoms with Crippen LogP contribution in [0, 0.1) is 0 Å². The molecule has 0 saturated carbocycles. The van der Waals surface area contributed by atoms with E-state index < -0.39 is 5.91 Å². The molecule has 0 bridgehead atoms. The second-order valence-electron chi connectivity index (χ2n) is 7.21. The first-order valence-electron chi connectivity index (χ1n) is 10.1. The zero-order valence-corrected chi connectivity index (χ0v) is 18.3. The number of nitrogens with zero attached hydrogens (tertiary/aromatic N) is 4. The molecule has 1 aliphatic rings. The molecule has 0 aliphatic heterocycles. The predicted molar refractivity (Wildman–Crippen MR) is 121 cm³/mol. The van der Waals surface area contributed by atoms with Gasteiger partial charge in [0.05, 0.1) is 0 Å². The molecule has 0 unspecified atom stereocenters. The van der Waals surface area contributed by atoms with E-state index in [1.54, 1.807) is 15.7 Å². The Morgan fingerprint density at radius 3 is 2.94 bits per heavy atom. The maximum Gasteiger partial charge on any atom is 0.271 e. The van der Waals surface area contributed by atoms with Gasteiger partial charge in [-0.05, 0) is 25.7 Å². The van der Waals surface area contributed by atoms with Crippen molar-refractivity contribution in [3.05, 3.63) is 63.0 Å². The summed E-state index contributed by atoms with van der Waals surface area (Å²) in [4.78, 5) is 36.2. The number of fused-ring (bicyclic) bond motifs is 3. The van der Waals surface area contributed by atoms with Crippen LogP contribution in [-0.2, 0) is 12.8 Å². The number of H-pyrrole nitrogens is 1. The van der Waals surface area contributed by atoms with E-state index in [-0.39, 0.29) is 11.1 Å². The molecule has 3 heterocycles. The van der Waals surface area contributed by atoms with Gasteiger partial charge >= 0.3 is 0 Å². The summed E-state index contributed by atoms with van der Waals surface area (Å²) in [5.41, 5.74) is 1.79. The molecule has 0 fully saturated rings. The summed E-state index contributed by atoms with van der Waals surface area (Å²) >= 11 is 2.99. The fourth-order valence-electron chi connectivity index (χ4n) is 3.66. The van der Waals surface area contributed by atoms with Gasteiger partial charge in [0.25, 0.3) is 11.5 Å². The summed E-state index contributed by atoms with van der Waals surface area (Å²) in [7, 11) is 0. The molecule has 1 amide bonds. The Morgan fingerprint density at radius 1 is 1.23 bits per heavy atom. The van der Waals surface area contributed by atoms with Crippen LogP contribution in [0.5, 0.6) is 0 Å². The second kappa shape index (κ2) is 8.64. The minimum Gasteiger partial charge on any atom is -0.351 e. The van der Waals surface area contributed by atoms with Gasteiger partial charge in [0.1, 0.15) is 5.56 Å². The van der Waals surface area contributed by atoms with Gasteiger partial charge in [0, 0.05) is 34.6 Å². The van der Waals surface area contributed by atoms with Crippen molar-refractivity contribution in [2.24, 2.45) is 0 Å². The highest BCUT2D eigenvalue weighted by atomic mass is 32.2. The van der Waals surface area contributed by atoms with Gasteiger partial charge in [-0.25, -0.2) is 9.97 Å². The van der Waals surface area contributed by atoms with Crippen LogP contribution in [0.15, 0.2) is 46.5 Å². The van der Waals surface area contributed by atoms with E-state index in [1.165, 1.54) is 22.8 Å². The third kappa shape index (κ3) is 4.00. The SMILES string of the molecule is O=C(NCCSc1n[nH]c(-c2ccccc2)n1)c1cnc2sc3c(n2c1=O)CCCC3. The van der Waals surface area contributed by atoms with Crippen LogP contribution in [0.25, 0.3) is 16.3 Å². The van der Waals surface area contributed by atoms with Gasteiger partial charge in [-0.15, -0.1) is 16.4 Å². The van der Waals surface area contributed by atoms with E-state index in [1.807, 2.05) is 30.3 Å². The average Bonchev–Trinajstić information content (AvgIpc) is 3.42. The third-order valence-electron chi connectivity index (χ3n) is 5.18. The molecule has 2 N–H and O–H groups in total. The number of amides is 1. The molecule has 8 nitrogen and oxygen atoms in total. The average molecular weight is 453 g/mol. The van der Waals surface area contributed by atoms with Crippen LogP contribution < -0.4 is 10.9 Å². The van der Waals surface area contributed by atoms with Crippen molar-refractivity contribution in [3.63, 3.8) is 0 Å². The predicted octanol–water partition coefficient (Wildman–Crippen LogP) is 2.94. The fourth-order valence-corrected chi connectivity index (χ4v) is 5.48. The molecule has 1 aromatic carbocycles. The fraction of sp³-hybridized carbons (Fsp3) is 0.286. The largest absolute Gasteiger partial charge is 0.351 e. The summed E-state index contributed by atoms with van der Waals surface area (Å²) in [5, 5.41) is 10.5. The molecule has 0 radical (unpaired) electrons. The van der Waals surface area contributed by atoms with Gasteiger partial charge in [0.15, 0.2) is 10.8 Å². The van der Waals surface area contributed by atoms with Crippen LogP contribution in [0.1, 0.15) is 33.8 Å². The molecular formula is C21H20N6O2S2. The van der Waals surface area contributed by atoms with Gasteiger partial charge in [-0.2, -0.15) is 0 Å². The first-order valence-corrected chi connectivity index (χ1v) is 11.9. The lowest BCUT2D eigenvalue weighted by Crippen LogP contribution is -2.33. The quantitative estimate of drug-likeness (QED) is 0.344. The van der Waals surface area contributed by atoms with Gasteiger partial charge in [-0.3, -0.25) is 19.1 Å². The van der Waals surface area contributed by atoms with Crippen molar-refractivity contribution in [2.45, 2.75) is 30.8 Å². The number of thiazole rings is 1. The Morgan fingerprint density at radius 2 is 2.06 bits per heavy atom. The van der Waals surface area contributed by atoms with Crippen molar-refractivity contribution in [1.82, 2.24) is 29.9 Å². The summed E-state index contributed by atoms with van der Waals surface area (Å²) in [6.45, 7) is 0.391. The Balaban J connectivity index is 1.21. The molecule has 0 spiro atoms. The number of hydrogen-bond donors (Lipinski definition) is 2. The normalized spacial score (nSPS) is 13.3. The number of hydrogen-bond acceptors (Lipinski definition) is 7. The van der Waals surface area contributed by atoms with Crippen molar-refractivity contribution < 1.29 is 4.79 Å². The number of aromatic nitrogens is 5. The number of benzene rings is 1. The Labute approximate surface area is 186 Å². The third-order valence-corrected chi connectivity index (χ3v) is 7.18. The number of thioether (sulfide) groups is 1. The molecular weight excluding hydrogens is 432 g/mol. The molecule has 0 saturated heterocycles. The maximum atomic E-state index is 12.9. The summed E-state index contributed by atoms with van der Waals surface area (Å²) in [5.74, 6) is 0.893. The Hall–Kier alpha value is -2.98. The van der Waals surface area contributed by atoms with Crippen molar-refractivity contribution >= 4 is 34.0 Å². The van der Waals surface area contributed by atoms with Crippen molar-refractivity contribution in [3.8, 4) is 11.4 Å². The molecule has 4 aromatic rings.